The van der Waals surface area contributed by atoms with Gasteiger partial charge in [0.25, 0.3) is 16.1 Å². The van der Waals surface area contributed by atoms with E-state index in [2.05, 4.69) is 10.1 Å². The largest absolute Gasteiger partial charge is 0.345 e. The molecule has 9 nitrogen and oxygen atoms in total. The summed E-state index contributed by atoms with van der Waals surface area (Å²) in [7, 11) is 2.84. The number of amides is 1. The third-order valence-electron chi connectivity index (χ3n) is 4.37. The minimum Gasteiger partial charge on any atom is -0.345 e. The van der Waals surface area contributed by atoms with E-state index in [0.29, 0.717) is 29.9 Å². The summed E-state index contributed by atoms with van der Waals surface area (Å²) in [4.78, 5) is 18.0. The minimum absolute atomic E-state index is 0.191. The normalized spacial score (nSPS) is 19.0. The Bertz CT molecular complexity index is 905. The van der Waals surface area contributed by atoms with Crippen LogP contribution in [-0.4, -0.2) is 77.2 Å². The first-order valence-electron chi connectivity index (χ1n) is 7.98. The lowest BCUT2D eigenvalue weighted by molar-refractivity contribution is 0.0829. The molecule has 1 amide bonds. The zero-order valence-electron chi connectivity index (χ0n) is 14.7. The molecule has 0 bridgehead atoms. The molecule has 2 aromatic rings. The Morgan fingerprint density at radius 3 is 2.64 bits per heavy atom. The van der Waals surface area contributed by atoms with Crippen molar-refractivity contribution in [1.29, 1.82) is 0 Å². The average Bonchev–Trinajstić information content (AvgIpc) is 3.20. The number of hydrogen-bond acceptors (Lipinski definition) is 5. The third kappa shape index (κ3) is 2.90. The second-order valence-corrected chi connectivity index (χ2v) is 8.52. The van der Waals surface area contributed by atoms with Gasteiger partial charge in [0.1, 0.15) is 5.56 Å². The summed E-state index contributed by atoms with van der Waals surface area (Å²) in [5.74, 6) is -0.191. The zero-order chi connectivity index (χ0) is 18.4. The van der Waals surface area contributed by atoms with Crippen LogP contribution in [-0.2, 0) is 10.2 Å². The molecule has 25 heavy (non-hydrogen) atoms. The van der Waals surface area contributed by atoms with Gasteiger partial charge in [-0.2, -0.15) is 22.1 Å². The van der Waals surface area contributed by atoms with Gasteiger partial charge in [0.15, 0.2) is 5.65 Å². The van der Waals surface area contributed by atoms with Crippen LogP contribution in [0.5, 0.6) is 0 Å². The van der Waals surface area contributed by atoms with Crippen molar-refractivity contribution in [2.45, 2.75) is 18.9 Å². The summed E-state index contributed by atoms with van der Waals surface area (Å²) in [5.41, 5.74) is 1.54. The smallest absolute Gasteiger partial charge is 0.282 e. The lowest BCUT2D eigenvalue weighted by Crippen LogP contribution is -2.40. The average molecular weight is 366 g/mol. The lowest BCUT2D eigenvalue weighted by Gasteiger charge is -2.27. The van der Waals surface area contributed by atoms with E-state index in [1.54, 1.807) is 30.9 Å². The Kier molecular flexibility index (Phi) is 4.52. The van der Waals surface area contributed by atoms with E-state index in [1.165, 1.54) is 33.8 Å². The molecule has 1 aliphatic rings. The number of nitrogens with zero attached hydrogens (tertiary/aromatic N) is 6. The van der Waals surface area contributed by atoms with Gasteiger partial charge < -0.3 is 4.90 Å². The van der Waals surface area contributed by atoms with Crippen molar-refractivity contribution in [1.82, 2.24) is 28.1 Å². The fourth-order valence-corrected chi connectivity index (χ4v) is 4.39. The standard InChI is InChI=1S/C15H22N6O3S/c1-18(2)15(22)11-10-17-21-13(7-8-16-14(11)21)12-6-5-9-20(12)25(23,24)19(3)4/h7-8,10,12H,5-6,9H2,1-4H3/t12-/m1/s1. The number of carbonyl (C=O) groups is 1. The highest BCUT2D eigenvalue weighted by Gasteiger charge is 2.38. The van der Waals surface area contributed by atoms with E-state index in [-0.39, 0.29) is 11.9 Å². The van der Waals surface area contributed by atoms with Gasteiger partial charge in [-0.3, -0.25) is 4.79 Å². The molecule has 1 aliphatic heterocycles. The second-order valence-electron chi connectivity index (χ2n) is 6.42. The highest BCUT2D eigenvalue weighted by atomic mass is 32.2. The van der Waals surface area contributed by atoms with E-state index in [9.17, 15) is 13.2 Å². The van der Waals surface area contributed by atoms with Crippen LogP contribution in [0, 0.1) is 0 Å². The van der Waals surface area contributed by atoms with E-state index < -0.39 is 10.2 Å². The Morgan fingerprint density at radius 2 is 2.00 bits per heavy atom. The zero-order valence-corrected chi connectivity index (χ0v) is 15.6. The van der Waals surface area contributed by atoms with E-state index in [1.807, 2.05) is 0 Å². The monoisotopic (exact) mass is 366 g/mol. The molecular formula is C15H22N6O3S. The van der Waals surface area contributed by atoms with Crippen molar-refractivity contribution in [2.24, 2.45) is 0 Å². The van der Waals surface area contributed by atoms with Crippen LogP contribution in [0.2, 0.25) is 0 Å². The van der Waals surface area contributed by atoms with Crippen LogP contribution in [0.25, 0.3) is 5.65 Å². The molecule has 0 unspecified atom stereocenters. The van der Waals surface area contributed by atoms with Gasteiger partial charge in [0.2, 0.25) is 0 Å². The number of aromatic nitrogens is 3. The molecule has 2 aromatic heterocycles. The number of rotatable bonds is 4. The van der Waals surface area contributed by atoms with Gasteiger partial charge in [0, 0.05) is 40.9 Å². The van der Waals surface area contributed by atoms with Crippen molar-refractivity contribution >= 4 is 21.8 Å². The second kappa shape index (κ2) is 6.36. The lowest BCUT2D eigenvalue weighted by atomic mass is 10.1. The third-order valence-corrected chi connectivity index (χ3v) is 6.32. The molecule has 0 aromatic carbocycles. The van der Waals surface area contributed by atoms with Gasteiger partial charge in [0.05, 0.1) is 17.9 Å². The predicted octanol–water partition coefficient (Wildman–Crippen LogP) is 0.374. The first-order valence-corrected chi connectivity index (χ1v) is 9.38. The highest BCUT2D eigenvalue weighted by Crippen LogP contribution is 2.34. The van der Waals surface area contributed by atoms with Crippen molar-refractivity contribution in [3.8, 4) is 0 Å². The molecule has 0 aliphatic carbocycles. The van der Waals surface area contributed by atoms with Crippen LogP contribution in [0.15, 0.2) is 18.5 Å². The summed E-state index contributed by atoms with van der Waals surface area (Å²) in [5, 5.41) is 4.30. The minimum atomic E-state index is -3.54. The van der Waals surface area contributed by atoms with Gasteiger partial charge in [-0.15, -0.1) is 0 Å². The number of carbonyl (C=O) groups excluding carboxylic acids is 1. The maximum Gasteiger partial charge on any atom is 0.282 e. The first kappa shape index (κ1) is 17.8. The van der Waals surface area contributed by atoms with E-state index in [4.69, 9.17) is 0 Å². The van der Waals surface area contributed by atoms with Crippen LogP contribution >= 0.6 is 0 Å². The molecule has 10 heteroatoms. The summed E-state index contributed by atoms with van der Waals surface area (Å²) < 4.78 is 29.5. The van der Waals surface area contributed by atoms with Crippen molar-refractivity contribution in [2.75, 3.05) is 34.7 Å². The maximum atomic E-state index is 12.6. The summed E-state index contributed by atoms with van der Waals surface area (Å²) in [6, 6.07) is 1.43. The Labute approximate surface area is 147 Å². The van der Waals surface area contributed by atoms with Gasteiger partial charge >= 0.3 is 0 Å². The summed E-state index contributed by atoms with van der Waals surface area (Å²) in [6.07, 6.45) is 4.54. The molecule has 3 heterocycles. The Morgan fingerprint density at radius 1 is 1.28 bits per heavy atom. The van der Waals surface area contributed by atoms with Crippen LogP contribution in [0.4, 0.5) is 0 Å². The molecule has 1 saturated heterocycles. The van der Waals surface area contributed by atoms with Gasteiger partial charge in [-0.1, -0.05) is 0 Å². The SMILES string of the molecule is CN(C)C(=O)c1cnn2c([C@H]3CCCN3S(=O)(=O)N(C)C)ccnc12. The first-order chi connectivity index (χ1) is 11.7. The summed E-state index contributed by atoms with van der Waals surface area (Å²) in [6.45, 7) is 0.458. The van der Waals surface area contributed by atoms with Crippen LogP contribution in [0.1, 0.15) is 34.9 Å². The predicted molar refractivity (Wildman–Crippen MR) is 92.3 cm³/mol. The fraction of sp³-hybridized carbons (Fsp3) is 0.533. The molecule has 1 fully saturated rings. The molecule has 136 valence electrons. The number of fused-ring (bicyclic) bond motifs is 1. The molecule has 1 atom stereocenters. The maximum absolute atomic E-state index is 12.6. The van der Waals surface area contributed by atoms with Crippen LogP contribution in [0.3, 0.4) is 0 Å². The van der Waals surface area contributed by atoms with Crippen LogP contribution < -0.4 is 0 Å². The molecule has 3 rings (SSSR count). The van der Waals surface area contributed by atoms with Crippen molar-refractivity contribution in [3.05, 3.63) is 29.7 Å². The molecular weight excluding hydrogens is 344 g/mol. The summed E-state index contributed by atoms with van der Waals surface area (Å²) >= 11 is 0. The molecule has 0 N–H and O–H groups in total. The number of hydrogen-bond donors (Lipinski definition) is 0. The fourth-order valence-electron chi connectivity index (χ4n) is 3.08. The van der Waals surface area contributed by atoms with Crippen molar-refractivity contribution < 1.29 is 13.2 Å². The Hall–Kier alpha value is -2.04. The van der Waals surface area contributed by atoms with Crippen molar-refractivity contribution in [3.63, 3.8) is 0 Å². The van der Waals surface area contributed by atoms with Gasteiger partial charge in [-0.25, -0.2) is 9.50 Å². The molecule has 0 saturated carbocycles. The Balaban J connectivity index is 2.09. The topological polar surface area (TPSA) is 91.1 Å². The quantitative estimate of drug-likeness (QED) is 0.780. The molecule has 0 spiro atoms. The van der Waals surface area contributed by atoms with Gasteiger partial charge in [-0.05, 0) is 18.9 Å². The highest BCUT2D eigenvalue weighted by molar-refractivity contribution is 7.86. The van der Waals surface area contributed by atoms with E-state index in [0.717, 1.165) is 6.42 Å². The molecule has 0 radical (unpaired) electrons. The van der Waals surface area contributed by atoms with E-state index >= 15 is 0 Å².